The fourth-order valence-electron chi connectivity index (χ4n) is 7.86. The Kier molecular flexibility index (Phi) is 6.18. The first kappa shape index (κ1) is 26.9. The first-order valence-corrected chi connectivity index (χ1v) is 16.3. The molecular weight excluding hydrogens is 556 g/mol. The molecule has 2 nitrogen and oxygen atoms in total. The lowest BCUT2D eigenvalue weighted by Crippen LogP contribution is -2.22. The average Bonchev–Trinajstić information content (AvgIpc) is 3.51. The molecule has 0 saturated heterocycles. The molecule has 0 radical (unpaired) electrons. The van der Waals surface area contributed by atoms with Crippen LogP contribution in [0.2, 0.25) is 0 Å². The second kappa shape index (κ2) is 10.6. The van der Waals surface area contributed by atoms with Crippen LogP contribution in [0.1, 0.15) is 42.0 Å². The molecule has 1 heterocycles. The number of benzene rings is 6. The Hall–Kier alpha value is -5.47. The molecular formula is C44H34N2. The molecule has 2 heteroatoms. The maximum Gasteiger partial charge on any atom is 0.145 e. The van der Waals surface area contributed by atoms with Crippen LogP contribution in [-0.2, 0) is 11.8 Å². The number of fused-ring (bicyclic) bond motifs is 4. The summed E-state index contributed by atoms with van der Waals surface area (Å²) >= 11 is 0. The summed E-state index contributed by atoms with van der Waals surface area (Å²) in [6.45, 7) is 2.41. The van der Waals surface area contributed by atoms with Crippen LogP contribution in [0.5, 0.6) is 0 Å². The Balaban J connectivity index is 1.21. The molecule has 0 aliphatic heterocycles. The van der Waals surface area contributed by atoms with E-state index >= 15 is 0 Å². The third-order valence-corrected chi connectivity index (χ3v) is 10.1. The molecule has 6 aromatic carbocycles. The molecule has 0 spiro atoms. The first-order valence-electron chi connectivity index (χ1n) is 16.3. The zero-order valence-corrected chi connectivity index (χ0v) is 25.9. The Morgan fingerprint density at radius 3 is 2.04 bits per heavy atom. The summed E-state index contributed by atoms with van der Waals surface area (Å²) in [5.41, 5.74) is 11.3. The van der Waals surface area contributed by atoms with E-state index in [0.717, 1.165) is 41.7 Å². The van der Waals surface area contributed by atoms with Crippen LogP contribution in [0, 0.1) is 0 Å². The van der Waals surface area contributed by atoms with E-state index in [1.165, 1.54) is 55.1 Å². The highest BCUT2D eigenvalue weighted by molar-refractivity contribution is 6.14. The summed E-state index contributed by atoms with van der Waals surface area (Å²) in [5, 5.41) is 5.38. The number of rotatable bonds is 4. The fraction of sp³-hybridized carbons (Fsp3) is 0.114. The van der Waals surface area contributed by atoms with Crippen LogP contribution in [0.25, 0.3) is 61.3 Å². The number of para-hydroxylation sites is 2. The molecule has 0 saturated carbocycles. The maximum absolute atomic E-state index is 5.09. The van der Waals surface area contributed by atoms with E-state index in [2.05, 4.69) is 163 Å². The van der Waals surface area contributed by atoms with E-state index in [0.29, 0.717) is 0 Å². The van der Waals surface area contributed by atoms with Crippen LogP contribution in [-0.4, -0.2) is 9.55 Å². The van der Waals surface area contributed by atoms with Gasteiger partial charge in [-0.05, 0) is 86.8 Å². The predicted molar refractivity (Wildman–Crippen MR) is 195 cm³/mol. The van der Waals surface area contributed by atoms with Gasteiger partial charge in [-0.1, -0.05) is 140 Å². The predicted octanol–water partition coefficient (Wildman–Crippen LogP) is 11.3. The lowest BCUT2D eigenvalue weighted by atomic mass is 9.71. The molecule has 9 rings (SSSR count). The number of hydrogen-bond donors (Lipinski definition) is 0. The van der Waals surface area contributed by atoms with Crippen molar-refractivity contribution in [3.05, 3.63) is 168 Å². The zero-order valence-electron chi connectivity index (χ0n) is 25.9. The van der Waals surface area contributed by atoms with E-state index in [4.69, 9.17) is 4.98 Å². The summed E-state index contributed by atoms with van der Waals surface area (Å²) < 4.78 is 2.33. The van der Waals surface area contributed by atoms with Gasteiger partial charge in [-0.2, -0.15) is 0 Å². The van der Waals surface area contributed by atoms with Gasteiger partial charge in [0.05, 0.1) is 11.0 Å². The highest BCUT2D eigenvalue weighted by Gasteiger charge is 2.31. The monoisotopic (exact) mass is 590 g/mol. The molecule has 2 aliphatic rings. The molecule has 0 amide bonds. The summed E-state index contributed by atoms with van der Waals surface area (Å²) in [6, 6.07) is 46.0. The third-order valence-electron chi connectivity index (χ3n) is 10.1. The summed E-state index contributed by atoms with van der Waals surface area (Å²) in [7, 11) is 0. The number of allylic oxidation sites excluding steroid dienone is 5. The summed E-state index contributed by atoms with van der Waals surface area (Å²) in [6.07, 6.45) is 12.6. The highest BCUT2D eigenvalue weighted by Crippen LogP contribution is 2.47. The largest absolute Gasteiger partial charge is 0.293 e. The minimum absolute atomic E-state index is 0.182. The molecule has 0 N–H and O–H groups in total. The standard InChI is InChI=1S/C44H34N2/c1-44(27-25-34(26-28-44)46-40-22-12-11-21-39(40)45-43(46)31-14-3-2-4-15-31)42-37-19-9-7-17-35(37)41(36-18-8-10-20-38(36)42)33-24-23-30-13-5-6-16-32(30)29-33/h2-22,25-27,29H,23-24,28H2,1H3. The topological polar surface area (TPSA) is 17.8 Å². The molecule has 1 unspecified atom stereocenters. The lowest BCUT2D eigenvalue weighted by Gasteiger charge is -2.33. The summed E-state index contributed by atoms with van der Waals surface area (Å²) in [5.74, 6) is 0.976. The van der Waals surface area contributed by atoms with Gasteiger partial charge < -0.3 is 0 Å². The molecule has 46 heavy (non-hydrogen) atoms. The average molecular weight is 591 g/mol. The second-order valence-electron chi connectivity index (χ2n) is 12.9. The van der Waals surface area contributed by atoms with Crippen molar-refractivity contribution in [1.29, 1.82) is 0 Å². The highest BCUT2D eigenvalue weighted by atomic mass is 15.1. The zero-order chi connectivity index (χ0) is 30.7. The minimum atomic E-state index is -0.182. The number of hydrogen-bond acceptors (Lipinski definition) is 1. The van der Waals surface area contributed by atoms with Crippen molar-refractivity contribution in [2.24, 2.45) is 0 Å². The van der Waals surface area contributed by atoms with Crippen LogP contribution in [0.4, 0.5) is 0 Å². The van der Waals surface area contributed by atoms with Gasteiger partial charge in [0.1, 0.15) is 5.82 Å². The van der Waals surface area contributed by atoms with Gasteiger partial charge >= 0.3 is 0 Å². The summed E-state index contributed by atoms with van der Waals surface area (Å²) in [4.78, 5) is 5.09. The van der Waals surface area contributed by atoms with E-state index in [9.17, 15) is 0 Å². The quantitative estimate of drug-likeness (QED) is 0.186. The number of aromatic nitrogens is 2. The molecule has 7 aromatic rings. The van der Waals surface area contributed by atoms with Gasteiger partial charge in [0.15, 0.2) is 0 Å². The van der Waals surface area contributed by atoms with Crippen molar-refractivity contribution >= 4 is 49.9 Å². The molecule has 2 aliphatic carbocycles. The normalized spacial score (nSPS) is 17.7. The second-order valence-corrected chi connectivity index (χ2v) is 12.9. The van der Waals surface area contributed by atoms with E-state index in [1.54, 1.807) is 0 Å². The minimum Gasteiger partial charge on any atom is -0.293 e. The Morgan fingerprint density at radius 1 is 0.652 bits per heavy atom. The molecule has 220 valence electrons. The van der Waals surface area contributed by atoms with Gasteiger partial charge in [-0.15, -0.1) is 0 Å². The SMILES string of the molecule is CC1(c2c3ccccc3c(C3=Cc4ccccc4CC3)c3ccccc23)C=CC(n2c(-c3ccccc3)nc3ccccc32)=CC1. The molecule has 0 bridgehead atoms. The number of nitrogens with zero attached hydrogens (tertiary/aromatic N) is 2. The van der Waals surface area contributed by atoms with Gasteiger partial charge in [0, 0.05) is 16.7 Å². The maximum atomic E-state index is 5.09. The molecule has 0 fully saturated rings. The van der Waals surface area contributed by atoms with Crippen molar-refractivity contribution in [2.75, 3.05) is 0 Å². The van der Waals surface area contributed by atoms with Crippen molar-refractivity contribution < 1.29 is 0 Å². The van der Waals surface area contributed by atoms with Crippen molar-refractivity contribution in [1.82, 2.24) is 9.55 Å². The van der Waals surface area contributed by atoms with Crippen molar-refractivity contribution in [3.8, 4) is 11.4 Å². The van der Waals surface area contributed by atoms with Crippen LogP contribution < -0.4 is 0 Å². The number of aryl methyl sites for hydroxylation is 1. The fourth-order valence-corrected chi connectivity index (χ4v) is 7.86. The van der Waals surface area contributed by atoms with E-state index < -0.39 is 0 Å². The van der Waals surface area contributed by atoms with Crippen LogP contribution >= 0.6 is 0 Å². The van der Waals surface area contributed by atoms with Crippen molar-refractivity contribution in [2.45, 2.75) is 31.6 Å². The smallest absolute Gasteiger partial charge is 0.145 e. The Morgan fingerprint density at radius 2 is 1.30 bits per heavy atom. The lowest BCUT2D eigenvalue weighted by molar-refractivity contribution is 0.610. The Labute approximate surface area is 269 Å². The first-order chi connectivity index (χ1) is 22.7. The van der Waals surface area contributed by atoms with Gasteiger partial charge in [-0.3, -0.25) is 4.57 Å². The van der Waals surface area contributed by atoms with Crippen LogP contribution in [0.15, 0.2) is 146 Å². The van der Waals surface area contributed by atoms with E-state index in [-0.39, 0.29) is 5.41 Å². The van der Waals surface area contributed by atoms with E-state index in [1.807, 2.05) is 0 Å². The van der Waals surface area contributed by atoms with Crippen molar-refractivity contribution in [3.63, 3.8) is 0 Å². The number of imidazole rings is 1. The van der Waals surface area contributed by atoms with Gasteiger partial charge in [-0.25, -0.2) is 4.98 Å². The van der Waals surface area contributed by atoms with Gasteiger partial charge in [0.2, 0.25) is 0 Å². The molecule has 1 atom stereocenters. The molecule has 1 aromatic heterocycles. The third kappa shape index (κ3) is 4.21. The van der Waals surface area contributed by atoms with Crippen LogP contribution in [0.3, 0.4) is 0 Å². The Bertz CT molecular complexity index is 2350. The van der Waals surface area contributed by atoms with Gasteiger partial charge in [0.25, 0.3) is 0 Å².